The zero-order valence-corrected chi connectivity index (χ0v) is 13.4. The van der Waals surface area contributed by atoms with Crippen LogP contribution in [0, 0.1) is 5.92 Å². The molecule has 6 heteroatoms. The van der Waals surface area contributed by atoms with Crippen molar-refractivity contribution in [2.24, 2.45) is 11.7 Å². The fraction of sp³-hybridized carbons (Fsp3) is 0.500. The Morgan fingerprint density at radius 2 is 2.18 bits per heavy atom. The van der Waals surface area contributed by atoms with Gasteiger partial charge in [0, 0.05) is 17.8 Å². The minimum atomic E-state index is -0.417. The number of amides is 1. The Balaban J connectivity index is 2.03. The van der Waals surface area contributed by atoms with Gasteiger partial charge in [0.1, 0.15) is 6.54 Å². The van der Waals surface area contributed by atoms with Gasteiger partial charge in [-0.3, -0.25) is 4.79 Å². The van der Waals surface area contributed by atoms with Crippen LogP contribution in [-0.2, 0) is 24.3 Å². The van der Waals surface area contributed by atoms with E-state index in [1.165, 1.54) is 10.2 Å². The smallest absolute Gasteiger partial charge is 0.239 e. The van der Waals surface area contributed by atoms with E-state index in [1.54, 1.807) is 6.20 Å². The fourth-order valence-electron chi connectivity index (χ4n) is 2.47. The summed E-state index contributed by atoms with van der Waals surface area (Å²) >= 11 is 0. The maximum absolute atomic E-state index is 10.9. The lowest BCUT2D eigenvalue weighted by molar-refractivity contribution is -0.699. The number of hydrogen-bond donors (Lipinski definition) is 1. The summed E-state index contributed by atoms with van der Waals surface area (Å²) in [6.07, 6.45) is 7.11. The quantitative estimate of drug-likeness (QED) is 0.777. The minimum absolute atomic E-state index is 0.0662. The van der Waals surface area contributed by atoms with E-state index in [-0.39, 0.29) is 12.5 Å². The van der Waals surface area contributed by atoms with E-state index in [0.29, 0.717) is 5.92 Å². The zero-order chi connectivity index (χ0) is 16.1. The van der Waals surface area contributed by atoms with Gasteiger partial charge in [0.05, 0.1) is 11.6 Å². The number of carbonyl (C=O) groups is 1. The van der Waals surface area contributed by atoms with Crippen LogP contribution in [0.2, 0.25) is 0 Å². The molecule has 0 radical (unpaired) electrons. The molecule has 0 spiro atoms. The number of aromatic nitrogens is 4. The van der Waals surface area contributed by atoms with Gasteiger partial charge >= 0.3 is 0 Å². The molecule has 22 heavy (non-hydrogen) atoms. The molecule has 0 unspecified atom stereocenters. The van der Waals surface area contributed by atoms with E-state index >= 15 is 0 Å². The molecule has 0 aliphatic carbocycles. The normalized spacial score (nSPS) is 12.5. The van der Waals surface area contributed by atoms with Crippen molar-refractivity contribution in [2.45, 2.75) is 46.2 Å². The molecule has 2 heterocycles. The SMILES string of the molecule is CC(C)Cc1ccc[n+](C[C@@H](C)c2cn(CC(N)=O)nn2)c1. The van der Waals surface area contributed by atoms with Crippen molar-refractivity contribution >= 4 is 5.91 Å². The standard InChI is InChI=1S/C16H23N5O/c1-12(2)7-14-5-4-6-20(9-14)8-13(3)15-10-21(19-18-15)11-16(17)22/h4-6,9-10,12-13H,7-8,11H2,1-3H3,(H-,17,22)/p+1/t13-/m1/s1. The lowest BCUT2D eigenvalue weighted by Crippen LogP contribution is -2.36. The fourth-order valence-corrected chi connectivity index (χ4v) is 2.47. The Kier molecular flexibility index (Phi) is 5.25. The molecule has 0 fully saturated rings. The average molecular weight is 302 g/mol. The molecule has 0 aliphatic heterocycles. The van der Waals surface area contributed by atoms with Gasteiger partial charge in [0.25, 0.3) is 0 Å². The van der Waals surface area contributed by atoms with Crippen LogP contribution in [0.3, 0.4) is 0 Å². The van der Waals surface area contributed by atoms with Crippen LogP contribution in [-0.4, -0.2) is 20.9 Å². The molecule has 6 nitrogen and oxygen atoms in total. The Hall–Kier alpha value is -2.24. The highest BCUT2D eigenvalue weighted by molar-refractivity contribution is 5.73. The van der Waals surface area contributed by atoms with Crippen LogP contribution >= 0.6 is 0 Å². The Morgan fingerprint density at radius 1 is 1.41 bits per heavy atom. The monoisotopic (exact) mass is 302 g/mol. The molecular weight excluding hydrogens is 278 g/mol. The molecule has 0 bridgehead atoms. The van der Waals surface area contributed by atoms with Crippen molar-refractivity contribution in [3.8, 4) is 0 Å². The number of carbonyl (C=O) groups excluding carboxylic acids is 1. The molecule has 2 aromatic rings. The van der Waals surface area contributed by atoms with E-state index in [1.807, 2.05) is 0 Å². The summed E-state index contributed by atoms with van der Waals surface area (Å²) in [5.41, 5.74) is 7.36. The molecule has 2 N–H and O–H groups in total. The zero-order valence-electron chi connectivity index (χ0n) is 13.4. The first kappa shape index (κ1) is 16.1. The number of nitrogens with two attached hydrogens (primary N) is 1. The second-order valence-corrected chi connectivity index (χ2v) is 6.22. The van der Waals surface area contributed by atoms with Gasteiger partial charge in [-0.25, -0.2) is 9.25 Å². The summed E-state index contributed by atoms with van der Waals surface area (Å²) in [6.45, 7) is 7.42. The van der Waals surface area contributed by atoms with Gasteiger partial charge in [0.2, 0.25) is 5.91 Å². The third kappa shape index (κ3) is 4.65. The lowest BCUT2D eigenvalue weighted by Gasteiger charge is -2.06. The Labute approximate surface area is 130 Å². The summed E-state index contributed by atoms with van der Waals surface area (Å²) in [7, 11) is 0. The van der Waals surface area contributed by atoms with Crippen molar-refractivity contribution in [3.05, 3.63) is 42.0 Å². The van der Waals surface area contributed by atoms with Crippen LogP contribution in [0.4, 0.5) is 0 Å². The van der Waals surface area contributed by atoms with E-state index < -0.39 is 5.91 Å². The highest BCUT2D eigenvalue weighted by atomic mass is 16.1. The number of hydrogen-bond acceptors (Lipinski definition) is 3. The molecule has 2 aromatic heterocycles. The van der Waals surface area contributed by atoms with Crippen molar-refractivity contribution < 1.29 is 9.36 Å². The van der Waals surface area contributed by atoms with Crippen molar-refractivity contribution in [2.75, 3.05) is 0 Å². The summed E-state index contributed by atoms with van der Waals surface area (Å²) in [5, 5.41) is 8.06. The number of rotatable bonds is 7. The molecule has 0 aromatic carbocycles. The molecule has 118 valence electrons. The summed E-state index contributed by atoms with van der Waals surface area (Å²) < 4.78 is 3.66. The van der Waals surface area contributed by atoms with E-state index in [9.17, 15) is 4.79 Å². The third-order valence-electron chi connectivity index (χ3n) is 3.43. The van der Waals surface area contributed by atoms with Gasteiger partial charge in [-0.2, -0.15) is 0 Å². The number of pyridine rings is 1. The largest absolute Gasteiger partial charge is 0.368 e. The van der Waals surface area contributed by atoms with Crippen LogP contribution < -0.4 is 10.3 Å². The van der Waals surface area contributed by atoms with Gasteiger partial charge < -0.3 is 5.73 Å². The van der Waals surface area contributed by atoms with Crippen LogP contribution in [0.25, 0.3) is 0 Å². The van der Waals surface area contributed by atoms with Crippen LogP contribution in [0.15, 0.2) is 30.7 Å². The van der Waals surface area contributed by atoms with Gasteiger partial charge in [-0.15, -0.1) is 5.10 Å². The maximum Gasteiger partial charge on any atom is 0.239 e. The predicted octanol–water partition coefficient (Wildman–Crippen LogP) is 1.05. The van der Waals surface area contributed by atoms with Gasteiger partial charge in [-0.05, 0) is 18.4 Å². The lowest BCUT2D eigenvalue weighted by atomic mass is 10.0. The summed E-state index contributed by atoms with van der Waals surface area (Å²) in [6, 6.07) is 4.23. The second-order valence-electron chi connectivity index (χ2n) is 6.22. The maximum atomic E-state index is 10.9. The van der Waals surface area contributed by atoms with E-state index in [2.05, 4.69) is 60.2 Å². The molecule has 1 atom stereocenters. The van der Waals surface area contributed by atoms with Crippen molar-refractivity contribution in [1.82, 2.24) is 15.0 Å². The predicted molar refractivity (Wildman–Crippen MR) is 82.8 cm³/mol. The molecule has 0 aliphatic rings. The van der Waals surface area contributed by atoms with Crippen molar-refractivity contribution in [1.29, 1.82) is 0 Å². The summed E-state index contributed by atoms with van der Waals surface area (Å²) in [5.74, 6) is 0.433. The summed E-state index contributed by atoms with van der Waals surface area (Å²) in [4.78, 5) is 10.9. The molecule has 0 saturated carbocycles. The highest BCUT2D eigenvalue weighted by Gasteiger charge is 2.16. The molecule has 2 rings (SSSR count). The van der Waals surface area contributed by atoms with Gasteiger partial charge in [-0.1, -0.05) is 26.0 Å². The van der Waals surface area contributed by atoms with Crippen LogP contribution in [0.1, 0.15) is 37.9 Å². The first-order chi connectivity index (χ1) is 10.4. The number of nitrogens with zero attached hydrogens (tertiary/aromatic N) is 4. The third-order valence-corrected chi connectivity index (χ3v) is 3.43. The Bertz CT molecular complexity index is 635. The first-order valence-electron chi connectivity index (χ1n) is 7.60. The van der Waals surface area contributed by atoms with Gasteiger partial charge in [0.15, 0.2) is 18.9 Å². The Morgan fingerprint density at radius 3 is 2.86 bits per heavy atom. The topological polar surface area (TPSA) is 77.7 Å². The molecule has 1 amide bonds. The minimum Gasteiger partial charge on any atom is -0.368 e. The number of primary amides is 1. The second kappa shape index (κ2) is 7.15. The molecule has 0 saturated heterocycles. The highest BCUT2D eigenvalue weighted by Crippen LogP contribution is 2.12. The van der Waals surface area contributed by atoms with Crippen molar-refractivity contribution in [3.63, 3.8) is 0 Å². The van der Waals surface area contributed by atoms with E-state index in [0.717, 1.165) is 18.7 Å². The first-order valence-corrected chi connectivity index (χ1v) is 7.60. The molecular formula is C16H24N5O+. The van der Waals surface area contributed by atoms with E-state index in [4.69, 9.17) is 5.73 Å². The van der Waals surface area contributed by atoms with Crippen LogP contribution in [0.5, 0.6) is 0 Å². The average Bonchev–Trinajstić information content (AvgIpc) is 2.86.